The van der Waals surface area contributed by atoms with E-state index in [9.17, 15) is 0 Å². The summed E-state index contributed by atoms with van der Waals surface area (Å²) in [7, 11) is 0. The van der Waals surface area contributed by atoms with Crippen molar-refractivity contribution in [2.45, 2.75) is 45.2 Å². The predicted octanol–water partition coefficient (Wildman–Crippen LogP) is 2.75. The molecule has 1 heterocycles. The van der Waals surface area contributed by atoms with Crippen LogP contribution < -0.4 is 5.32 Å². The van der Waals surface area contributed by atoms with Gasteiger partial charge in [0.25, 0.3) is 0 Å². The fourth-order valence-electron chi connectivity index (χ4n) is 1.91. The van der Waals surface area contributed by atoms with Crippen LogP contribution >= 0.6 is 0 Å². The number of pyridine rings is 1. The van der Waals surface area contributed by atoms with Crippen molar-refractivity contribution in [2.24, 2.45) is 5.92 Å². The predicted molar refractivity (Wildman–Crippen MR) is 62.5 cm³/mol. The highest BCUT2D eigenvalue weighted by Crippen LogP contribution is 2.34. The molecule has 82 valence electrons. The van der Waals surface area contributed by atoms with Crippen LogP contribution in [0.25, 0.3) is 0 Å². The molecule has 1 aliphatic rings. The van der Waals surface area contributed by atoms with E-state index in [1.807, 2.05) is 12.4 Å². The smallest absolute Gasteiger partial charge is 0.0271 e. The molecule has 1 aromatic rings. The SMILES string of the molecule is CCC(CC1CC1)NCc1ccncc1. The van der Waals surface area contributed by atoms with Gasteiger partial charge in [-0.3, -0.25) is 4.98 Å². The summed E-state index contributed by atoms with van der Waals surface area (Å²) in [6.07, 6.45) is 9.22. The zero-order chi connectivity index (χ0) is 10.5. The van der Waals surface area contributed by atoms with Crippen LogP contribution in [0.2, 0.25) is 0 Å². The zero-order valence-corrected chi connectivity index (χ0v) is 9.45. The molecule has 1 N–H and O–H groups in total. The minimum atomic E-state index is 0.700. The first kappa shape index (κ1) is 10.6. The summed E-state index contributed by atoms with van der Waals surface area (Å²) in [5.74, 6) is 1.01. The highest BCUT2D eigenvalue weighted by molar-refractivity contribution is 5.09. The maximum absolute atomic E-state index is 4.02. The molecule has 0 spiro atoms. The van der Waals surface area contributed by atoms with Crippen LogP contribution in [0, 0.1) is 5.92 Å². The minimum Gasteiger partial charge on any atom is -0.310 e. The summed E-state index contributed by atoms with van der Waals surface area (Å²) < 4.78 is 0. The number of rotatable bonds is 6. The average molecular weight is 204 g/mol. The Morgan fingerprint density at radius 2 is 2.13 bits per heavy atom. The Kier molecular flexibility index (Phi) is 3.73. The van der Waals surface area contributed by atoms with Crippen LogP contribution in [0.15, 0.2) is 24.5 Å². The molecule has 1 saturated carbocycles. The third-order valence-electron chi connectivity index (χ3n) is 3.15. The van der Waals surface area contributed by atoms with Crippen molar-refractivity contribution < 1.29 is 0 Å². The van der Waals surface area contributed by atoms with E-state index in [4.69, 9.17) is 0 Å². The van der Waals surface area contributed by atoms with Gasteiger partial charge in [0.1, 0.15) is 0 Å². The molecule has 2 rings (SSSR count). The fraction of sp³-hybridized carbons (Fsp3) is 0.615. The molecule has 1 unspecified atom stereocenters. The summed E-state index contributed by atoms with van der Waals surface area (Å²) in [6.45, 7) is 3.25. The molecule has 0 radical (unpaired) electrons. The van der Waals surface area contributed by atoms with Gasteiger partial charge in [0.2, 0.25) is 0 Å². The maximum Gasteiger partial charge on any atom is 0.0271 e. The van der Waals surface area contributed by atoms with E-state index in [-0.39, 0.29) is 0 Å². The van der Waals surface area contributed by atoms with Crippen molar-refractivity contribution >= 4 is 0 Å². The third-order valence-corrected chi connectivity index (χ3v) is 3.15. The van der Waals surface area contributed by atoms with Gasteiger partial charge in [0.05, 0.1) is 0 Å². The lowest BCUT2D eigenvalue weighted by Gasteiger charge is -2.16. The topological polar surface area (TPSA) is 24.9 Å². The van der Waals surface area contributed by atoms with E-state index < -0.39 is 0 Å². The van der Waals surface area contributed by atoms with Gasteiger partial charge in [-0.15, -0.1) is 0 Å². The Labute approximate surface area is 92.1 Å². The maximum atomic E-state index is 4.02. The Balaban J connectivity index is 1.75. The monoisotopic (exact) mass is 204 g/mol. The molecule has 1 atom stereocenters. The van der Waals surface area contributed by atoms with Crippen LogP contribution in [0.4, 0.5) is 0 Å². The number of nitrogens with one attached hydrogen (secondary N) is 1. The first-order valence-electron chi connectivity index (χ1n) is 6.00. The van der Waals surface area contributed by atoms with Crippen molar-refractivity contribution in [3.63, 3.8) is 0 Å². The van der Waals surface area contributed by atoms with Crippen LogP contribution in [0.3, 0.4) is 0 Å². The molecule has 15 heavy (non-hydrogen) atoms. The zero-order valence-electron chi connectivity index (χ0n) is 9.45. The lowest BCUT2D eigenvalue weighted by molar-refractivity contribution is 0.445. The van der Waals surface area contributed by atoms with E-state index in [0.29, 0.717) is 6.04 Å². The largest absolute Gasteiger partial charge is 0.310 e. The van der Waals surface area contributed by atoms with Crippen molar-refractivity contribution in [1.82, 2.24) is 10.3 Å². The molecular weight excluding hydrogens is 184 g/mol. The lowest BCUT2D eigenvalue weighted by Crippen LogP contribution is -2.28. The average Bonchev–Trinajstić information content (AvgIpc) is 3.09. The second-order valence-corrected chi connectivity index (χ2v) is 4.52. The number of aromatic nitrogens is 1. The van der Waals surface area contributed by atoms with Crippen molar-refractivity contribution in [1.29, 1.82) is 0 Å². The van der Waals surface area contributed by atoms with Crippen LogP contribution in [0.5, 0.6) is 0 Å². The highest BCUT2D eigenvalue weighted by atomic mass is 14.9. The molecule has 0 aliphatic heterocycles. The molecule has 1 aliphatic carbocycles. The van der Waals surface area contributed by atoms with Crippen molar-refractivity contribution in [3.05, 3.63) is 30.1 Å². The lowest BCUT2D eigenvalue weighted by atomic mass is 10.1. The molecule has 0 amide bonds. The van der Waals surface area contributed by atoms with Gasteiger partial charge in [0, 0.05) is 25.0 Å². The molecule has 1 fully saturated rings. The van der Waals surface area contributed by atoms with Gasteiger partial charge in [0.15, 0.2) is 0 Å². The first-order chi connectivity index (χ1) is 7.38. The number of hydrogen-bond acceptors (Lipinski definition) is 2. The summed E-state index contributed by atoms with van der Waals surface area (Å²) in [6, 6.07) is 4.86. The molecule has 2 heteroatoms. The summed E-state index contributed by atoms with van der Waals surface area (Å²) in [5.41, 5.74) is 1.33. The van der Waals surface area contributed by atoms with Gasteiger partial charge in [-0.2, -0.15) is 0 Å². The van der Waals surface area contributed by atoms with Gasteiger partial charge < -0.3 is 5.32 Å². The Hall–Kier alpha value is -0.890. The van der Waals surface area contributed by atoms with Crippen molar-refractivity contribution in [2.75, 3.05) is 0 Å². The molecular formula is C13H20N2. The summed E-state index contributed by atoms with van der Waals surface area (Å²) >= 11 is 0. The minimum absolute atomic E-state index is 0.700. The van der Waals surface area contributed by atoms with E-state index >= 15 is 0 Å². The number of hydrogen-bond donors (Lipinski definition) is 1. The van der Waals surface area contributed by atoms with Crippen LogP contribution in [-0.4, -0.2) is 11.0 Å². The van der Waals surface area contributed by atoms with Crippen molar-refractivity contribution in [3.8, 4) is 0 Å². The summed E-state index contributed by atoms with van der Waals surface area (Å²) in [5, 5.41) is 3.63. The second kappa shape index (κ2) is 5.26. The Bertz CT molecular complexity index is 280. The van der Waals surface area contributed by atoms with Crippen LogP contribution in [0.1, 0.15) is 38.2 Å². The standard InChI is InChI=1S/C13H20N2/c1-2-13(9-11-3-4-11)15-10-12-5-7-14-8-6-12/h5-8,11,13,15H,2-4,9-10H2,1H3. The van der Waals surface area contributed by atoms with Gasteiger partial charge in [-0.25, -0.2) is 0 Å². The number of nitrogens with zero attached hydrogens (tertiary/aromatic N) is 1. The van der Waals surface area contributed by atoms with E-state index in [1.165, 1.54) is 31.2 Å². The quantitative estimate of drug-likeness (QED) is 0.770. The molecule has 1 aromatic heterocycles. The summed E-state index contributed by atoms with van der Waals surface area (Å²) in [4.78, 5) is 4.02. The van der Waals surface area contributed by atoms with Gasteiger partial charge in [-0.1, -0.05) is 19.8 Å². The Morgan fingerprint density at radius 1 is 1.40 bits per heavy atom. The highest BCUT2D eigenvalue weighted by Gasteiger charge is 2.24. The van der Waals surface area contributed by atoms with E-state index in [1.54, 1.807) is 0 Å². The first-order valence-corrected chi connectivity index (χ1v) is 6.00. The molecule has 0 bridgehead atoms. The van der Waals surface area contributed by atoms with E-state index in [2.05, 4.69) is 29.4 Å². The Morgan fingerprint density at radius 3 is 2.73 bits per heavy atom. The fourth-order valence-corrected chi connectivity index (χ4v) is 1.91. The van der Waals surface area contributed by atoms with Crippen LogP contribution in [-0.2, 0) is 6.54 Å². The third kappa shape index (κ3) is 3.63. The second-order valence-electron chi connectivity index (χ2n) is 4.52. The molecule has 0 aromatic carbocycles. The van der Waals surface area contributed by atoms with Gasteiger partial charge >= 0.3 is 0 Å². The normalized spacial score (nSPS) is 17.7. The van der Waals surface area contributed by atoms with Gasteiger partial charge in [-0.05, 0) is 36.5 Å². The van der Waals surface area contributed by atoms with E-state index in [0.717, 1.165) is 12.5 Å². The molecule has 0 saturated heterocycles. The molecule has 2 nitrogen and oxygen atoms in total.